The van der Waals surface area contributed by atoms with Crippen molar-refractivity contribution in [2.75, 3.05) is 33.3 Å². The normalized spacial score (nSPS) is 15.1. The van der Waals surface area contributed by atoms with Gasteiger partial charge in [0.05, 0.1) is 7.11 Å². The molecule has 0 spiro atoms. The van der Waals surface area contributed by atoms with E-state index in [9.17, 15) is 24.0 Å². The number of nitrogens with two attached hydrogens (primary N) is 1. The molecular formula is C35H51N7O6. The molecule has 0 bridgehead atoms. The Hall–Kier alpha value is -4.65. The largest absolute Gasteiger partial charge is 0.453 e. The molecule has 6 N–H and O–H groups in total. The van der Waals surface area contributed by atoms with Crippen LogP contribution >= 0.6 is 0 Å². The van der Waals surface area contributed by atoms with Crippen molar-refractivity contribution in [1.29, 1.82) is 0 Å². The quantitative estimate of drug-likeness (QED) is 0.194. The van der Waals surface area contributed by atoms with Crippen molar-refractivity contribution >= 4 is 29.8 Å². The Morgan fingerprint density at radius 2 is 1.44 bits per heavy atom. The number of benzene rings is 2. The number of rotatable bonds is 15. The van der Waals surface area contributed by atoms with Gasteiger partial charge in [-0.15, -0.1) is 0 Å². The summed E-state index contributed by atoms with van der Waals surface area (Å²) in [5.74, 6) is -1.21. The van der Waals surface area contributed by atoms with Gasteiger partial charge in [0.1, 0.15) is 18.1 Å². The number of hydrogen-bond donors (Lipinski definition) is 5. The lowest BCUT2D eigenvalue weighted by atomic mass is 10.0. The second-order valence-electron chi connectivity index (χ2n) is 12.5. The highest BCUT2D eigenvalue weighted by molar-refractivity contribution is 5.94. The highest BCUT2D eigenvalue weighted by atomic mass is 16.5. The van der Waals surface area contributed by atoms with Crippen LogP contribution in [0.1, 0.15) is 51.2 Å². The SMILES string of the molecule is COC(=O)NC1CCN(C(=O)[C@@H](C)NC(=O)[C@@H](CC(C)C)NC(=O)[C@@H](Cc2ccccc2)NC(=O)N(CCN)Cc2ccccc2)CC1. The molecule has 1 heterocycles. The molecule has 262 valence electrons. The molecule has 1 saturated heterocycles. The van der Waals surface area contributed by atoms with Crippen LogP contribution in [0.15, 0.2) is 60.7 Å². The molecule has 6 amide bonds. The monoisotopic (exact) mass is 665 g/mol. The number of nitrogens with zero attached hydrogens (tertiary/aromatic N) is 2. The Labute approximate surface area is 283 Å². The summed E-state index contributed by atoms with van der Waals surface area (Å²) in [4.78, 5) is 68.9. The highest BCUT2D eigenvalue weighted by Crippen LogP contribution is 2.13. The lowest BCUT2D eigenvalue weighted by Gasteiger charge is -2.34. The van der Waals surface area contributed by atoms with Gasteiger partial charge >= 0.3 is 12.1 Å². The minimum absolute atomic E-state index is 0.0430. The van der Waals surface area contributed by atoms with E-state index < -0.39 is 42.1 Å². The maximum Gasteiger partial charge on any atom is 0.407 e. The van der Waals surface area contributed by atoms with E-state index in [0.717, 1.165) is 11.1 Å². The average molecular weight is 666 g/mol. The van der Waals surface area contributed by atoms with Gasteiger partial charge in [0.15, 0.2) is 0 Å². The van der Waals surface area contributed by atoms with Crippen molar-refractivity contribution < 1.29 is 28.7 Å². The fraction of sp³-hybridized carbons (Fsp3) is 0.514. The molecule has 13 heteroatoms. The summed E-state index contributed by atoms with van der Waals surface area (Å²) in [6.45, 7) is 7.17. The first-order chi connectivity index (χ1) is 23.0. The summed E-state index contributed by atoms with van der Waals surface area (Å²) in [6.07, 6.45) is 1.14. The van der Waals surface area contributed by atoms with Crippen molar-refractivity contribution in [3.63, 3.8) is 0 Å². The predicted octanol–water partition coefficient (Wildman–Crippen LogP) is 2.15. The zero-order valence-electron chi connectivity index (χ0n) is 28.4. The first kappa shape index (κ1) is 37.8. The van der Waals surface area contributed by atoms with Crippen LogP contribution in [-0.4, -0.2) is 97.1 Å². The minimum atomic E-state index is -0.989. The third-order valence-electron chi connectivity index (χ3n) is 8.18. The van der Waals surface area contributed by atoms with Crippen molar-refractivity contribution in [2.45, 2.75) is 77.2 Å². The van der Waals surface area contributed by atoms with E-state index >= 15 is 0 Å². The molecule has 0 aromatic heterocycles. The number of ether oxygens (including phenoxy) is 1. The standard InChI is InChI=1S/C35H51N7O6/c1-24(2)21-29(31(43)37-25(3)33(45)41-18-15-28(16-19-41)38-35(47)48-4)39-32(44)30(22-26-11-7-5-8-12-26)40-34(46)42(20-17-36)23-27-13-9-6-10-14-27/h5-14,24-25,28-30H,15-23,36H2,1-4H3,(H,37,43)(H,38,47)(H,39,44)(H,40,46)/t25-,29-,30-/m1/s1. The van der Waals surface area contributed by atoms with Gasteiger partial charge in [0.2, 0.25) is 17.7 Å². The second-order valence-corrected chi connectivity index (χ2v) is 12.5. The Bertz CT molecular complexity index is 1340. The maximum atomic E-state index is 13.9. The van der Waals surface area contributed by atoms with Crippen LogP contribution in [0.25, 0.3) is 0 Å². The third-order valence-corrected chi connectivity index (χ3v) is 8.18. The smallest absolute Gasteiger partial charge is 0.407 e. The van der Waals surface area contributed by atoms with Crippen molar-refractivity contribution in [3.05, 3.63) is 71.8 Å². The number of piperidine rings is 1. The maximum absolute atomic E-state index is 13.9. The molecule has 0 unspecified atom stereocenters. The topological polar surface area (TPSA) is 175 Å². The lowest BCUT2D eigenvalue weighted by molar-refractivity contribution is -0.138. The zero-order valence-corrected chi connectivity index (χ0v) is 28.4. The van der Waals surface area contributed by atoms with Crippen LogP contribution < -0.4 is 27.0 Å². The summed E-state index contributed by atoms with van der Waals surface area (Å²) in [5, 5.41) is 11.3. The zero-order chi connectivity index (χ0) is 35.1. The molecule has 13 nitrogen and oxygen atoms in total. The van der Waals surface area contributed by atoms with Crippen LogP contribution in [-0.2, 0) is 32.1 Å². The molecule has 2 aromatic rings. The Kier molecular flexibility index (Phi) is 15.2. The van der Waals surface area contributed by atoms with Crippen LogP contribution in [0, 0.1) is 5.92 Å². The molecular weight excluding hydrogens is 614 g/mol. The minimum Gasteiger partial charge on any atom is -0.453 e. The van der Waals surface area contributed by atoms with Gasteiger partial charge in [-0.3, -0.25) is 14.4 Å². The first-order valence-electron chi connectivity index (χ1n) is 16.6. The van der Waals surface area contributed by atoms with E-state index in [1.54, 1.807) is 16.7 Å². The molecule has 0 radical (unpaired) electrons. The van der Waals surface area contributed by atoms with Gasteiger partial charge in [-0.1, -0.05) is 74.5 Å². The predicted molar refractivity (Wildman–Crippen MR) is 183 cm³/mol. The van der Waals surface area contributed by atoms with E-state index in [0.29, 0.717) is 38.9 Å². The van der Waals surface area contributed by atoms with Crippen molar-refractivity contribution in [2.24, 2.45) is 11.7 Å². The van der Waals surface area contributed by atoms with Crippen LogP contribution in [0.4, 0.5) is 9.59 Å². The van der Waals surface area contributed by atoms with Gasteiger partial charge in [-0.2, -0.15) is 0 Å². The van der Waals surface area contributed by atoms with Crippen LogP contribution in [0.2, 0.25) is 0 Å². The second kappa shape index (κ2) is 19.2. The average Bonchev–Trinajstić information content (AvgIpc) is 3.08. The van der Waals surface area contributed by atoms with Gasteiger partial charge in [-0.25, -0.2) is 9.59 Å². The summed E-state index contributed by atoms with van der Waals surface area (Å²) < 4.78 is 4.66. The van der Waals surface area contributed by atoms with E-state index in [1.807, 2.05) is 74.5 Å². The Balaban J connectivity index is 1.69. The molecule has 0 saturated carbocycles. The molecule has 1 fully saturated rings. The van der Waals surface area contributed by atoms with E-state index in [-0.39, 0.29) is 37.4 Å². The summed E-state index contributed by atoms with van der Waals surface area (Å²) in [7, 11) is 1.30. The number of methoxy groups -OCH3 is 1. The summed E-state index contributed by atoms with van der Waals surface area (Å²) in [5.41, 5.74) is 7.58. The summed E-state index contributed by atoms with van der Waals surface area (Å²) >= 11 is 0. The number of hydrogen-bond acceptors (Lipinski definition) is 7. The number of carbonyl (C=O) groups is 5. The molecule has 48 heavy (non-hydrogen) atoms. The van der Waals surface area contributed by atoms with Crippen LogP contribution in [0.5, 0.6) is 0 Å². The highest BCUT2D eigenvalue weighted by Gasteiger charge is 2.32. The molecule has 3 atom stereocenters. The molecule has 2 aromatic carbocycles. The molecule has 0 aliphatic carbocycles. The molecule has 1 aliphatic heterocycles. The van der Waals surface area contributed by atoms with Gasteiger partial charge < -0.3 is 41.5 Å². The number of nitrogens with one attached hydrogen (secondary N) is 4. The van der Waals surface area contributed by atoms with Gasteiger partial charge in [0, 0.05) is 45.2 Å². The number of urea groups is 1. The number of amides is 6. The van der Waals surface area contributed by atoms with E-state index in [2.05, 4.69) is 26.0 Å². The lowest BCUT2D eigenvalue weighted by Crippen LogP contribution is -2.58. The molecule has 3 rings (SSSR count). The number of likely N-dealkylation sites (tertiary alicyclic amines) is 1. The third kappa shape index (κ3) is 12.2. The van der Waals surface area contributed by atoms with Crippen molar-refractivity contribution in [1.82, 2.24) is 31.1 Å². The first-order valence-corrected chi connectivity index (χ1v) is 16.6. The van der Waals surface area contributed by atoms with E-state index in [4.69, 9.17) is 5.73 Å². The summed E-state index contributed by atoms with van der Waals surface area (Å²) in [6, 6.07) is 15.5. The Morgan fingerprint density at radius 1 is 0.854 bits per heavy atom. The van der Waals surface area contributed by atoms with Gasteiger partial charge in [0.25, 0.3) is 0 Å². The fourth-order valence-corrected chi connectivity index (χ4v) is 5.61. The Morgan fingerprint density at radius 3 is 2.00 bits per heavy atom. The number of alkyl carbamates (subject to hydrolysis) is 1. The number of carbonyl (C=O) groups excluding carboxylic acids is 5. The fourth-order valence-electron chi connectivity index (χ4n) is 5.61. The van der Waals surface area contributed by atoms with E-state index in [1.165, 1.54) is 7.11 Å². The van der Waals surface area contributed by atoms with Gasteiger partial charge in [-0.05, 0) is 43.2 Å². The molecule has 1 aliphatic rings. The van der Waals surface area contributed by atoms with Crippen LogP contribution in [0.3, 0.4) is 0 Å². The van der Waals surface area contributed by atoms with Crippen molar-refractivity contribution in [3.8, 4) is 0 Å².